The van der Waals surface area contributed by atoms with E-state index in [9.17, 15) is 14.0 Å². The third-order valence-corrected chi connectivity index (χ3v) is 3.24. The van der Waals surface area contributed by atoms with Crippen molar-refractivity contribution < 1.29 is 23.5 Å². The Morgan fingerprint density at radius 3 is 2.64 bits per heavy atom. The van der Waals surface area contributed by atoms with Gasteiger partial charge in [-0.25, -0.2) is 9.18 Å². The molecule has 0 aliphatic carbocycles. The Bertz CT molecular complexity index is 657. The molecule has 0 saturated carbocycles. The molecule has 0 radical (unpaired) electrons. The first-order valence-corrected chi connectivity index (χ1v) is 6.89. The SMILES string of the molecule is CN(Cc1ccc(Cl)c(F)c1)C(=O)/C=C1/OC(C)(C)OC1=O. The molecule has 0 N–H and O–H groups in total. The van der Waals surface area contributed by atoms with Gasteiger partial charge in [-0.05, 0) is 17.7 Å². The molecular weight excluding hydrogens is 313 g/mol. The predicted octanol–water partition coefficient (Wildman–Crippen LogP) is 2.63. The third-order valence-electron chi connectivity index (χ3n) is 2.93. The van der Waals surface area contributed by atoms with Gasteiger partial charge < -0.3 is 14.4 Å². The van der Waals surface area contributed by atoms with E-state index in [0.717, 1.165) is 6.08 Å². The largest absolute Gasteiger partial charge is 0.445 e. The summed E-state index contributed by atoms with van der Waals surface area (Å²) in [5, 5.41) is 0.0178. The van der Waals surface area contributed by atoms with Crippen molar-refractivity contribution in [3.8, 4) is 0 Å². The molecule has 2 rings (SSSR count). The van der Waals surface area contributed by atoms with Crippen molar-refractivity contribution in [1.29, 1.82) is 0 Å². The highest BCUT2D eigenvalue weighted by molar-refractivity contribution is 6.30. The van der Waals surface area contributed by atoms with Crippen LogP contribution < -0.4 is 0 Å². The maximum atomic E-state index is 13.4. The lowest BCUT2D eigenvalue weighted by Gasteiger charge is -2.16. The molecule has 0 spiro atoms. The molecule has 0 unspecified atom stereocenters. The van der Waals surface area contributed by atoms with Crippen LogP contribution in [-0.4, -0.2) is 29.6 Å². The van der Waals surface area contributed by atoms with E-state index in [1.807, 2.05) is 0 Å². The molecule has 0 aromatic heterocycles. The van der Waals surface area contributed by atoms with Gasteiger partial charge in [0.2, 0.25) is 11.5 Å². The first-order valence-electron chi connectivity index (χ1n) is 6.51. The minimum Gasteiger partial charge on any atom is -0.445 e. The molecular formula is C15H15ClFNO4. The molecule has 0 atom stereocenters. The van der Waals surface area contributed by atoms with Crippen molar-refractivity contribution in [2.45, 2.75) is 26.2 Å². The Morgan fingerprint density at radius 1 is 1.41 bits per heavy atom. The topological polar surface area (TPSA) is 55.8 Å². The Labute approximate surface area is 132 Å². The molecule has 1 aromatic rings. The summed E-state index contributed by atoms with van der Waals surface area (Å²) in [7, 11) is 1.53. The lowest BCUT2D eigenvalue weighted by molar-refractivity contribution is -0.159. The van der Waals surface area contributed by atoms with E-state index in [4.69, 9.17) is 21.1 Å². The number of cyclic esters (lactones) is 1. The fraction of sp³-hybridized carbons (Fsp3) is 0.333. The highest BCUT2D eigenvalue weighted by Crippen LogP contribution is 2.26. The van der Waals surface area contributed by atoms with Gasteiger partial charge in [0.1, 0.15) is 5.82 Å². The molecule has 1 aromatic carbocycles. The van der Waals surface area contributed by atoms with Crippen LogP contribution in [-0.2, 0) is 25.6 Å². The molecule has 0 bridgehead atoms. The molecule has 118 valence electrons. The standard InChI is InChI=1S/C15H15ClFNO4/c1-15(2)21-12(14(20)22-15)7-13(19)18(3)8-9-4-5-10(16)11(17)6-9/h4-7H,8H2,1-3H3/b12-7+. The smallest absolute Gasteiger partial charge is 0.377 e. The number of amides is 1. The number of carbonyl (C=O) groups is 2. The van der Waals surface area contributed by atoms with Crippen LogP contribution >= 0.6 is 11.6 Å². The zero-order valence-corrected chi connectivity index (χ0v) is 13.1. The van der Waals surface area contributed by atoms with Gasteiger partial charge in [-0.15, -0.1) is 0 Å². The van der Waals surface area contributed by atoms with Gasteiger partial charge in [0, 0.05) is 27.4 Å². The summed E-state index contributed by atoms with van der Waals surface area (Å²) in [5.74, 6) is -2.93. The second-order valence-corrected chi connectivity index (χ2v) is 5.75. The molecule has 1 fully saturated rings. The first-order chi connectivity index (χ1) is 10.2. The minimum absolute atomic E-state index is 0.0178. The van der Waals surface area contributed by atoms with Crippen LogP contribution in [0.1, 0.15) is 19.4 Å². The number of ether oxygens (including phenoxy) is 2. The number of likely N-dealkylation sites (N-methyl/N-ethyl adjacent to an activating group) is 1. The van der Waals surface area contributed by atoms with Crippen molar-refractivity contribution in [2.75, 3.05) is 7.05 Å². The molecule has 5 nitrogen and oxygen atoms in total. The van der Waals surface area contributed by atoms with E-state index in [0.29, 0.717) is 5.56 Å². The lowest BCUT2D eigenvalue weighted by Crippen LogP contribution is -2.25. The molecule has 22 heavy (non-hydrogen) atoms. The number of benzene rings is 1. The van der Waals surface area contributed by atoms with E-state index < -0.39 is 23.5 Å². The van der Waals surface area contributed by atoms with Crippen LogP contribution in [0, 0.1) is 5.82 Å². The maximum Gasteiger partial charge on any atom is 0.377 e. The molecule has 1 aliphatic rings. The van der Waals surface area contributed by atoms with E-state index >= 15 is 0 Å². The fourth-order valence-corrected chi connectivity index (χ4v) is 2.02. The van der Waals surface area contributed by atoms with E-state index in [1.165, 1.54) is 24.1 Å². The first kappa shape index (κ1) is 16.3. The second-order valence-electron chi connectivity index (χ2n) is 5.34. The number of hydrogen-bond donors (Lipinski definition) is 0. The van der Waals surface area contributed by atoms with Gasteiger partial charge in [0.25, 0.3) is 5.91 Å². The average Bonchev–Trinajstić information content (AvgIpc) is 2.66. The lowest BCUT2D eigenvalue weighted by atomic mass is 10.2. The number of carbonyl (C=O) groups excluding carboxylic acids is 2. The van der Waals surface area contributed by atoms with Crippen molar-refractivity contribution in [3.63, 3.8) is 0 Å². The normalized spacial score (nSPS) is 18.0. The summed E-state index contributed by atoms with van der Waals surface area (Å²) < 4.78 is 23.5. The zero-order chi connectivity index (χ0) is 16.5. The molecule has 1 saturated heterocycles. The summed E-state index contributed by atoms with van der Waals surface area (Å²) >= 11 is 5.60. The van der Waals surface area contributed by atoms with Crippen LogP contribution in [0.15, 0.2) is 30.0 Å². The van der Waals surface area contributed by atoms with E-state index in [1.54, 1.807) is 19.9 Å². The molecule has 1 heterocycles. The number of esters is 1. The predicted molar refractivity (Wildman–Crippen MR) is 77.2 cm³/mol. The maximum absolute atomic E-state index is 13.4. The monoisotopic (exact) mass is 327 g/mol. The highest BCUT2D eigenvalue weighted by atomic mass is 35.5. The molecule has 1 amide bonds. The molecule has 7 heteroatoms. The Kier molecular flexibility index (Phi) is 4.42. The van der Waals surface area contributed by atoms with Gasteiger partial charge in [0.05, 0.1) is 11.1 Å². The van der Waals surface area contributed by atoms with Gasteiger partial charge >= 0.3 is 5.97 Å². The van der Waals surface area contributed by atoms with Crippen LogP contribution in [0.4, 0.5) is 4.39 Å². The van der Waals surface area contributed by atoms with E-state index in [-0.39, 0.29) is 17.3 Å². The average molecular weight is 328 g/mol. The van der Waals surface area contributed by atoms with Crippen LogP contribution in [0.25, 0.3) is 0 Å². The summed E-state index contributed by atoms with van der Waals surface area (Å²) in [6, 6.07) is 4.29. The number of halogens is 2. The molecule has 1 aliphatic heterocycles. The quantitative estimate of drug-likeness (QED) is 0.632. The van der Waals surface area contributed by atoms with Crippen molar-refractivity contribution in [3.05, 3.63) is 46.4 Å². The summed E-state index contributed by atoms with van der Waals surface area (Å²) in [6.45, 7) is 3.29. The van der Waals surface area contributed by atoms with E-state index in [2.05, 4.69) is 0 Å². The number of rotatable bonds is 3. The van der Waals surface area contributed by atoms with Crippen molar-refractivity contribution >= 4 is 23.5 Å². The van der Waals surface area contributed by atoms with Crippen LogP contribution in [0.2, 0.25) is 5.02 Å². The van der Waals surface area contributed by atoms with Gasteiger partial charge in [-0.2, -0.15) is 0 Å². The summed E-state index contributed by atoms with van der Waals surface area (Å²) in [5.41, 5.74) is 0.575. The van der Waals surface area contributed by atoms with Crippen LogP contribution in [0.3, 0.4) is 0 Å². The van der Waals surface area contributed by atoms with Gasteiger partial charge in [-0.1, -0.05) is 17.7 Å². The third kappa shape index (κ3) is 3.76. The Hall–Kier alpha value is -2.08. The number of nitrogens with zero attached hydrogens (tertiary/aromatic N) is 1. The minimum atomic E-state index is -1.08. The fourth-order valence-electron chi connectivity index (χ4n) is 1.90. The van der Waals surface area contributed by atoms with Crippen molar-refractivity contribution in [2.24, 2.45) is 0 Å². The zero-order valence-electron chi connectivity index (χ0n) is 12.4. The highest BCUT2D eigenvalue weighted by Gasteiger charge is 2.37. The van der Waals surface area contributed by atoms with Crippen LogP contribution in [0.5, 0.6) is 0 Å². The second kappa shape index (κ2) is 5.96. The Balaban J connectivity index is 2.06. The van der Waals surface area contributed by atoms with Crippen molar-refractivity contribution in [1.82, 2.24) is 4.90 Å². The van der Waals surface area contributed by atoms with Gasteiger partial charge in [0.15, 0.2) is 0 Å². The number of hydrogen-bond acceptors (Lipinski definition) is 4. The summed E-state index contributed by atoms with van der Waals surface area (Å²) in [4.78, 5) is 24.9. The Morgan fingerprint density at radius 2 is 2.09 bits per heavy atom. The summed E-state index contributed by atoms with van der Waals surface area (Å²) in [6.07, 6.45) is 1.06. The van der Waals surface area contributed by atoms with Gasteiger partial charge in [-0.3, -0.25) is 4.79 Å².